The molecule has 1 aromatic rings. The lowest BCUT2D eigenvalue weighted by atomic mass is 10.4. The van der Waals surface area contributed by atoms with E-state index >= 15 is 0 Å². The fourth-order valence-corrected chi connectivity index (χ4v) is 1.37. The van der Waals surface area contributed by atoms with Gasteiger partial charge in [0.1, 0.15) is 0 Å². The van der Waals surface area contributed by atoms with Crippen molar-refractivity contribution in [1.82, 2.24) is 10.3 Å². The number of pyridine rings is 1. The van der Waals surface area contributed by atoms with Crippen LogP contribution in [0, 0.1) is 10.1 Å². The Bertz CT molecular complexity index is 362. The van der Waals surface area contributed by atoms with E-state index in [9.17, 15) is 10.1 Å². The smallest absolute Gasteiger partial charge is 0.363 e. The lowest BCUT2D eigenvalue weighted by molar-refractivity contribution is -0.389. The molecule has 6 heteroatoms. The van der Waals surface area contributed by atoms with E-state index < -0.39 is 4.92 Å². The summed E-state index contributed by atoms with van der Waals surface area (Å²) in [6, 6.07) is 3.77. The van der Waals surface area contributed by atoms with Crippen LogP contribution in [-0.2, 0) is 0 Å². The lowest BCUT2D eigenvalue weighted by Crippen LogP contribution is -2.23. The second-order valence-corrected chi connectivity index (χ2v) is 3.82. The Hall–Kier alpha value is -1.69. The van der Waals surface area contributed by atoms with E-state index in [1.165, 1.54) is 25.1 Å². The predicted octanol–water partition coefficient (Wildman–Crippen LogP) is 1.15. The maximum absolute atomic E-state index is 10.4. The number of hydrogen-bond donors (Lipinski definition) is 2. The van der Waals surface area contributed by atoms with Crippen molar-refractivity contribution >= 4 is 11.5 Å². The van der Waals surface area contributed by atoms with Gasteiger partial charge in [-0.15, -0.1) is 0 Å². The van der Waals surface area contributed by atoms with Crippen LogP contribution in [0.5, 0.6) is 0 Å². The Balaban J connectivity index is 1.73. The van der Waals surface area contributed by atoms with Crippen molar-refractivity contribution in [3.05, 3.63) is 28.4 Å². The average Bonchev–Trinajstić information content (AvgIpc) is 3.09. The summed E-state index contributed by atoms with van der Waals surface area (Å²) < 4.78 is 0. The number of nitrogens with one attached hydrogen (secondary N) is 2. The Kier molecular flexibility index (Phi) is 3.31. The molecule has 0 aliphatic heterocycles. The number of nitrogens with zero attached hydrogens (tertiary/aromatic N) is 2. The Labute approximate surface area is 93.2 Å². The van der Waals surface area contributed by atoms with Crippen LogP contribution in [0.1, 0.15) is 12.8 Å². The largest absolute Gasteiger partial charge is 0.381 e. The van der Waals surface area contributed by atoms with Crippen molar-refractivity contribution in [2.24, 2.45) is 0 Å². The molecule has 1 heterocycles. The van der Waals surface area contributed by atoms with Crippen LogP contribution in [0.25, 0.3) is 0 Å². The molecular formula is C10H14N4O2. The molecule has 1 aliphatic rings. The summed E-state index contributed by atoms with van der Waals surface area (Å²) in [5.74, 6) is -0.123. The van der Waals surface area contributed by atoms with Gasteiger partial charge in [0.05, 0.1) is 5.69 Å². The zero-order chi connectivity index (χ0) is 11.4. The summed E-state index contributed by atoms with van der Waals surface area (Å²) in [5.41, 5.74) is 0.809. The van der Waals surface area contributed by atoms with Gasteiger partial charge in [0.15, 0.2) is 6.20 Å². The van der Waals surface area contributed by atoms with Crippen molar-refractivity contribution in [3.63, 3.8) is 0 Å². The van der Waals surface area contributed by atoms with Crippen LogP contribution >= 0.6 is 0 Å². The molecule has 0 amide bonds. The first-order valence-electron chi connectivity index (χ1n) is 5.33. The van der Waals surface area contributed by atoms with Gasteiger partial charge in [-0.05, 0) is 28.8 Å². The number of anilines is 1. The molecule has 1 fully saturated rings. The van der Waals surface area contributed by atoms with Gasteiger partial charge < -0.3 is 20.7 Å². The monoisotopic (exact) mass is 222 g/mol. The summed E-state index contributed by atoms with van der Waals surface area (Å²) >= 11 is 0. The van der Waals surface area contributed by atoms with Gasteiger partial charge in [-0.25, -0.2) is 0 Å². The minimum Gasteiger partial charge on any atom is -0.381 e. The quantitative estimate of drug-likeness (QED) is 0.429. The molecule has 2 N–H and O–H groups in total. The average molecular weight is 222 g/mol. The second-order valence-electron chi connectivity index (χ2n) is 3.82. The molecule has 2 rings (SSSR count). The van der Waals surface area contributed by atoms with E-state index in [2.05, 4.69) is 15.6 Å². The van der Waals surface area contributed by atoms with E-state index in [0.29, 0.717) is 6.04 Å². The molecule has 1 saturated carbocycles. The molecule has 16 heavy (non-hydrogen) atoms. The number of rotatable bonds is 6. The highest BCUT2D eigenvalue weighted by atomic mass is 16.6. The Morgan fingerprint density at radius 1 is 1.44 bits per heavy atom. The van der Waals surface area contributed by atoms with E-state index in [1.54, 1.807) is 6.07 Å². The summed E-state index contributed by atoms with van der Waals surface area (Å²) in [6.45, 7) is 1.71. The molecule has 0 spiro atoms. The van der Waals surface area contributed by atoms with Crippen LogP contribution < -0.4 is 10.6 Å². The summed E-state index contributed by atoms with van der Waals surface area (Å²) in [4.78, 5) is 13.6. The third kappa shape index (κ3) is 3.16. The van der Waals surface area contributed by atoms with Gasteiger partial charge in [0, 0.05) is 25.2 Å². The third-order valence-corrected chi connectivity index (χ3v) is 2.40. The van der Waals surface area contributed by atoms with Crippen LogP contribution in [-0.4, -0.2) is 29.0 Å². The van der Waals surface area contributed by atoms with Gasteiger partial charge in [-0.2, -0.15) is 0 Å². The van der Waals surface area contributed by atoms with E-state index in [-0.39, 0.29) is 5.82 Å². The van der Waals surface area contributed by atoms with Crippen molar-refractivity contribution in [2.45, 2.75) is 18.9 Å². The first kappa shape index (κ1) is 10.8. The van der Waals surface area contributed by atoms with Crippen LogP contribution in [0.4, 0.5) is 11.5 Å². The highest BCUT2D eigenvalue weighted by molar-refractivity contribution is 5.43. The van der Waals surface area contributed by atoms with Gasteiger partial charge in [-0.3, -0.25) is 0 Å². The normalized spacial score (nSPS) is 14.8. The Morgan fingerprint density at radius 2 is 2.25 bits per heavy atom. The minimum absolute atomic E-state index is 0.123. The fourth-order valence-electron chi connectivity index (χ4n) is 1.37. The highest BCUT2D eigenvalue weighted by Gasteiger charge is 2.19. The van der Waals surface area contributed by atoms with Crippen LogP contribution in [0.2, 0.25) is 0 Å². The molecule has 1 aliphatic carbocycles. The topological polar surface area (TPSA) is 80.1 Å². The minimum atomic E-state index is -0.502. The van der Waals surface area contributed by atoms with Gasteiger partial charge in [-0.1, -0.05) is 0 Å². The molecule has 0 atom stereocenters. The van der Waals surface area contributed by atoms with Crippen LogP contribution in [0.3, 0.4) is 0 Å². The maximum atomic E-state index is 10.4. The van der Waals surface area contributed by atoms with Gasteiger partial charge >= 0.3 is 5.82 Å². The molecule has 0 saturated heterocycles. The van der Waals surface area contributed by atoms with Crippen molar-refractivity contribution in [2.75, 3.05) is 18.4 Å². The third-order valence-electron chi connectivity index (χ3n) is 2.40. The summed E-state index contributed by atoms with van der Waals surface area (Å²) in [5, 5.41) is 16.9. The molecule has 0 bridgehead atoms. The first-order valence-corrected chi connectivity index (χ1v) is 5.33. The fraction of sp³-hybridized carbons (Fsp3) is 0.500. The summed E-state index contributed by atoms with van der Waals surface area (Å²) in [6.07, 6.45) is 4.04. The van der Waals surface area contributed by atoms with Crippen molar-refractivity contribution < 1.29 is 4.92 Å². The van der Waals surface area contributed by atoms with Gasteiger partial charge in [0.25, 0.3) is 0 Å². The molecular weight excluding hydrogens is 208 g/mol. The SMILES string of the molecule is O=[N+]([O-])c1ccc(NCCNC2CC2)cn1. The number of hydrogen-bond acceptors (Lipinski definition) is 5. The van der Waals surface area contributed by atoms with Crippen molar-refractivity contribution in [1.29, 1.82) is 0 Å². The molecule has 86 valence electrons. The van der Waals surface area contributed by atoms with E-state index in [4.69, 9.17) is 0 Å². The molecule has 1 aromatic heterocycles. The highest BCUT2D eigenvalue weighted by Crippen LogP contribution is 2.18. The first-order chi connectivity index (χ1) is 7.75. The second kappa shape index (κ2) is 4.89. The number of nitro groups is 1. The number of aromatic nitrogens is 1. The lowest BCUT2D eigenvalue weighted by Gasteiger charge is -2.05. The maximum Gasteiger partial charge on any atom is 0.363 e. The predicted molar refractivity (Wildman–Crippen MR) is 60.4 cm³/mol. The molecule has 0 radical (unpaired) electrons. The molecule has 0 unspecified atom stereocenters. The molecule has 0 aromatic carbocycles. The van der Waals surface area contributed by atoms with Crippen LogP contribution in [0.15, 0.2) is 18.3 Å². The Morgan fingerprint density at radius 3 is 2.81 bits per heavy atom. The van der Waals surface area contributed by atoms with Gasteiger partial charge in [0.2, 0.25) is 0 Å². The zero-order valence-electron chi connectivity index (χ0n) is 8.85. The van der Waals surface area contributed by atoms with Crippen molar-refractivity contribution in [3.8, 4) is 0 Å². The molecule has 6 nitrogen and oxygen atoms in total. The van der Waals surface area contributed by atoms with E-state index in [1.807, 2.05) is 0 Å². The van der Waals surface area contributed by atoms with E-state index in [0.717, 1.165) is 18.8 Å². The zero-order valence-corrected chi connectivity index (χ0v) is 8.85. The standard InChI is InChI=1S/C10H14N4O2/c15-14(16)10-4-3-9(7-13-10)12-6-5-11-8-1-2-8/h3-4,7-8,11-12H,1-2,5-6H2. The summed E-state index contributed by atoms with van der Waals surface area (Å²) in [7, 11) is 0.